The normalized spacial score (nSPS) is 17.9. The number of carbonyl (C=O) groups excluding carboxylic acids is 1. The minimum atomic E-state index is 0.175. The van der Waals surface area contributed by atoms with Gasteiger partial charge >= 0.3 is 0 Å². The molecule has 1 aliphatic rings. The van der Waals surface area contributed by atoms with Crippen LogP contribution in [0.15, 0.2) is 36.9 Å². The number of hydrogen-bond acceptors (Lipinski definition) is 4. The second-order valence-corrected chi connectivity index (χ2v) is 6.19. The Morgan fingerprint density at radius 2 is 2.17 bits per heavy atom. The van der Waals surface area contributed by atoms with Gasteiger partial charge in [0.1, 0.15) is 5.82 Å². The van der Waals surface area contributed by atoms with E-state index in [1.807, 2.05) is 41.8 Å². The third-order valence-electron chi connectivity index (χ3n) is 4.51. The third kappa shape index (κ3) is 4.00. The van der Waals surface area contributed by atoms with Crippen molar-refractivity contribution < 1.29 is 9.53 Å². The van der Waals surface area contributed by atoms with Crippen molar-refractivity contribution in [3.05, 3.63) is 48.3 Å². The third-order valence-corrected chi connectivity index (χ3v) is 4.51. The second-order valence-electron chi connectivity index (χ2n) is 6.19. The van der Waals surface area contributed by atoms with E-state index in [2.05, 4.69) is 14.5 Å². The number of likely N-dealkylation sites (tertiary alicyclic amines) is 1. The lowest BCUT2D eigenvalue weighted by atomic mass is 9.96. The lowest BCUT2D eigenvalue weighted by Crippen LogP contribution is -2.40. The minimum absolute atomic E-state index is 0.175. The molecule has 0 saturated carbocycles. The number of methoxy groups -OCH3 is 1. The Hall–Kier alpha value is -2.21. The maximum Gasteiger partial charge on any atom is 0.224 e. The number of aromatic nitrogens is 3. The highest BCUT2D eigenvalue weighted by Crippen LogP contribution is 2.26. The van der Waals surface area contributed by atoms with Crippen molar-refractivity contribution in [2.45, 2.75) is 31.7 Å². The number of rotatable bonds is 6. The first-order valence-corrected chi connectivity index (χ1v) is 8.44. The van der Waals surface area contributed by atoms with Crippen LogP contribution in [0, 0.1) is 0 Å². The predicted molar refractivity (Wildman–Crippen MR) is 90.6 cm³/mol. The average Bonchev–Trinajstić information content (AvgIpc) is 3.09. The van der Waals surface area contributed by atoms with Gasteiger partial charge in [-0.3, -0.25) is 9.78 Å². The maximum atomic E-state index is 12.3. The molecule has 1 saturated heterocycles. The Balaban J connectivity index is 1.68. The van der Waals surface area contributed by atoms with Crippen LogP contribution in [0.2, 0.25) is 0 Å². The first-order valence-electron chi connectivity index (χ1n) is 8.44. The molecule has 1 amide bonds. The minimum Gasteiger partial charge on any atom is -0.384 e. The van der Waals surface area contributed by atoms with Crippen molar-refractivity contribution >= 4 is 5.91 Å². The zero-order chi connectivity index (χ0) is 16.8. The quantitative estimate of drug-likeness (QED) is 0.814. The van der Waals surface area contributed by atoms with E-state index >= 15 is 0 Å². The summed E-state index contributed by atoms with van der Waals surface area (Å²) in [5.41, 5.74) is 1.20. The molecule has 0 aliphatic carbocycles. The van der Waals surface area contributed by atoms with Crippen molar-refractivity contribution in [1.82, 2.24) is 19.4 Å². The highest BCUT2D eigenvalue weighted by atomic mass is 16.5. The van der Waals surface area contributed by atoms with Gasteiger partial charge in [-0.2, -0.15) is 0 Å². The number of imidazole rings is 1. The van der Waals surface area contributed by atoms with Gasteiger partial charge in [0.2, 0.25) is 5.91 Å². The molecule has 0 N–H and O–H groups in total. The molecule has 1 fully saturated rings. The Labute approximate surface area is 142 Å². The zero-order valence-corrected chi connectivity index (χ0v) is 14.1. The molecule has 1 atom stereocenters. The van der Waals surface area contributed by atoms with Crippen LogP contribution < -0.4 is 0 Å². The smallest absolute Gasteiger partial charge is 0.224 e. The van der Waals surface area contributed by atoms with E-state index in [0.29, 0.717) is 18.9 Å². The lowest BCUT2D eigenvalue weighted by Gasteiger charge is -2.32. The predicted octanol–water partition coefficient (Wildman–Crippen LogP) is 2.07. The summed E-state index contributed by atoms with van der Waals surface area (Å²) in [6, 6.07) is 4.04. The van der Waals surface area contributed by atoms with E-state index in [-0.39, 0.29) is 5.91 Å². The van der Waals surface area contributed by atoms with Crippen molar-refractivity contribution in [1.29, 1.82) is 0 Å². The molecular formula is C18H24N4O2. The molecule has 0 spiro atoms. The molecular weight excluding hydrogens is 304 g/mol. The first kappa shape index (κ1) is 16.6. The average molecular weight is 328 g/mol. The van der Waals surface area contributed by atoms with Gasteiger partial charge in [-0.1, -0.05) is 0 Å². The number of carbonyl (C=O) groups is 1. The molecule has 128 valence electrons. The molecule has 0 unspecified atom stereocenters. The summed E-state index contributed by atoms with van der Waals surface area (Å²) >= 11 is 0. The number of piperidine rings is 1. The molecule has 2 aromatic heterocycles. The summed E-state index contributed by atoms with van der Waals surface area (Å²) < 4.78 is 7.20. The van der Waals surface area contributed by atoms with Crippen molar-refractivity contribution in [2.24, 2.45) is 0 Å². The molecule has 3 rings (SSSR count). The van der Waals surface area contributed by atoms with Crippen LogP contribution in [-0.4, -0.2) is 52.1 Å². The summed E-state index contributed by atoms with van der Waals surface area (Å²) in [6.07, 6.45) is 10.0. The number of amides is 1. The molecule has 2 aromatic rings. The van der Waals surface area contributed by atoms with Gasteiger partial charge in [-0.05, 0) is 30.5 Å². The highest BCUT2D eigenvalue weighted by Gasteiger charge is 2.27. The van der Waals surface area contributed by atoms with Crippen molar-refractivity contribution in [3.63, 3.8) is 0 Å². The molecule has 0 radical (unpaired) electrons. The van der Waals surface area contributed by atoms with Crippen molar-refractivity contribution in [2.75, 3.05) is 26.8 Å². The summed E-state index contributed by atoms with van der Waals surface area (Å²) in [5, 5.41) is 0. The standard InChI is InChI=1S/C18H24N4O2/c1-24-12-6-17(23)21-10-2-3-16(14-21)18-20-9-11-22(18)13-15-4-7-19-8-5-15/h4-5,7-9,11,16H,2-3,6,10,12-14H2,1H3/t16-/m0/s1. The first-order chi connectivity index (χ1) is 11.8. The SMILES string of the molecule is COCCC(=O)N1CCC[C@H](c2nccn2Cc2ccncc2)C1. The van der Waals surface area contributed by atoms with Crippen LogP contribution in [0.25, 0.3) is 0 Å². The van der Waals surface area contributed by atoms with E-state index in [1.54, 1.807) is 7.11 Å². The fraction of sp³-hybridized carbons (Fsp3) is 0.500. The van der Waals surface area contributed by atoms with Crippen molar-refractivity contribution in [3.8, 4) is 0 Å². The topological polar surface area (TPSA) is 60.2 Å². The Kier molecular flexibility index (Phi) is 5.59. The number of pyridine rings is 1. The molecule has 24 heavy (non-hydrogen) atoms. The maximum absolute atomic E-state index is 12.3. The van der Waals surface area contributed by atoms with Gasteiger partial charge in [-0.15, -0.1) is 0 Å². The van der Waals surface area contributed by atoms with Crippen LogP contribution in [0.1, 0.15) is 36.6 Å². The van der Waals surface area contributed by atoms with Crippen LogP contribution in [0.4, 0.5) is 0 Å². The number of nitrogens with zero attached hydrogens (tertiary/aromatic N) is 4. The monoisotopic (exact) mass is 328 g/mol. The van der Waals surface area contributed by atoms with Crippen LogP contribution in [0.5, 0.6) is 0 Å². The van der Waals surface area contributed by atoms with Gasteiger partial charge in [0, 0.05) is 57.4 Å². The van der Waals surface area contributed by atoms with Gasteiger partial charge in [0.25, 0.3) is 0 Å². The van der Waals surface area contributed by atoms with Gasteiger partial charge < -0.3 is 14.2 Å². The van der Waals surface area contributed by atoms with E-state index in [9.17, 15) is 4.79 Å². The van der Waals surface area contributed by atoms with E-state index < -0.39 is 0 Å². The summed E-state index contributed by atoms with van der Waals surface area (Å²) in [5.74, 6) is 1.53. The molecule has 0 aromatic carbocycles. The summed E-state index contributed by atoms with van der Waals surface area (Å²) in [7, 11) is 1.63. The van der Waals surface area contributed by atoms with Gasteiger partial charge in [0.15, 0.2) is 0 Å². The van der Waals surface area contributed by atoms with Gasteiger partial charge in [0.05, 0.1) is 13.0 Å². The van der Waals surface area contributed by atoms with Crippen LogP contribution in [0.3, 0.4) is 0 Å². The highest BCUT2D eigenvalue weighted by molar-refractivity contribution is 5.76. The summed E-state index contributed by atoms with van der Waals surface area (Å²) in [6.45, 7) is 2.85. The summed E-state index contributed by atoms with van der Waals surface area (Å²) in [4.78, 5) is 22.9. The van der Waals surface area contributed by atoms with E-state index in [4.69, 9.17) is 4.74 Å². The zero-order valence-electron chi connectivity index (χ0n) is 14.1. The Morgan fingerprint density at radius 1 is 1.33 bits per heavy atom. The molecule has 1 aliphatic heterocycles. The fourth-order valence-electron chi connectivity index (χ4n) is 3.26. The molecule has 3 heterocycles. The fourth-order valence-corrected chi connectivity index (χ4v) is 3.26. The lowest BCUT2D eigenvalue weighted by molar-refractivity contribution is -0.133. The van der Waals surface area contributed by atoms with Crippen LogP contribution >= 0.6 is 0 Å². The Bertz CT molecular complexity index is 656. The second kappa shape index (κ2) is 8.06. The number of hydrogen-bond donors (Lipinski definition) is 0. The van der Waals surface area contributed by atoms with Gasteiger partial charge in [-0.25, -0.2) is 4.98 Å². The van der Waals surface area contributed by atoms with E-state index in [1.165, 1.54) is 5.56 Å². The van der Waals surface area contributed by atoms with Crippen LogP contribution in [-0.2, 0) is 16.1 Å². The Morgan fingerprint density at radius 3 is 2.96 bits per heavy atom. The molecule has 6 nitrogen and oxygen atoms in total. The number of ether oxygens (including phenoxy) is 1. The molecule has 6 heteroatoms. The largest absolute Gasteiger partial charge is 0.384 e. The molecule has 0 bridgehead atoms. The van der Waals surface area contributed by atoms with E-state index in [0.717, 1.165) is 38.3 Å².